The molecule has 3 aromatic rings. The van der Waals surface area contributed by atoms with Gasteiger partial charge >= 0.3 is 12.1 Å². The van der Waals surface area contributed by atoms with Gasteiger partial charge in [-0.15, -0.1) is 0 Å². The van der Waals surface area contributed by atoms with E-state index in [1.165, 1.54) is 36.3 Å². The summed E-state index contributed by atoms with van der Waals surface area (Å²) in [5.41, 5.74) is -0.702. The van der Waals surface area contributed by atoms with Crippen LogP contribution in [0.15, 0.2) is 34.9 Å². The summed E-state index contributed by atoms with van der Waals surface area (Å²) >= 11 is 0. The van der Waals surface area contributed by atoms with E-state index in [-0.39, 0.29) is 35.6 Å². The van der Waals surface area contributed by atoms with Gasteiger partial charge in [0.1, 0.15) is 0 Å². The van der Waals surface area contributed by atoms with Crippen molar-refractivity contribution in [3.8, 4) is 11.3 Å². The van der Waals surface area contributed by atoms with E-state index < -0.39 is 29.5 Å². The first-order chi connectivity index (χ1) is 15.1. The lowest BCUT2D eigenvalue weighted by atomic mass is 10.00. The molecular formula is C22H22F3N3O4. The Bertz CT molecular complexity index is 1160. The number of halogens is 3. The molecule has 0 N–H and O–H groups in total. The molecule has 0 aliphatic carbocycles. The number of benzene rings is 1. The molecule has 32 heavy (non-hydrogen) atoms. The van der Waals surface area contributed by atoms with E-state index in [9.17, 15) is 22.8 Å². The van der Waals surface area contributed by atoms with Crippen LogP contribution in [0.1, 0.15) is 35.5 Å². The van der Waals surface area contributed by atoms with E-state index in [1.807, 2.05) is 0 Å². The quantitative estimate of drug-likeness (QED) is 0.516. The summed E-state index contributed by atoms with van der Waals surface area (Å²) in [5, 5.41) is 4.14. The smallest absolute Gasteiger partial charge is 0.417 e. The molecule has 1 amide bonds. The van der Waals surface area contributed by atoms with Crippen LogP contribution in [0, 0.1) is 12.8 Å². The largest absolute Gasteiger partial charge is 0.469 e. The number of pyridine rings is 1. The second-order valence-electron chi connectivity index (χ2n) is 7.31. The van der Waals surface area contributed by atoms with Crippen LogP contribution in [0.4, 0.5) is 13.2 Å². The Kier molecular flexibility index (Phi) is 6.52. The van der Waals surface area contributed by atoms with Gasteiger partial charge in [-0.05, 0) is 26.0 Å². The number of hydrogen-bond acceptors (Lipinski definition) is 6. The first kappa shape index (κ1) is 23.2. The number of esters is 1. The molecule has 10 heteroatoms. The predicted octanol–water partition coefficient (Wildman–Crippen LogP) is 4.49. The third-order valence-corrected chi connectivity index (χ3v) is 5.12. The number of carbonyl (C=O) groups is 2. The summed E-state index contributed by atoms with van der Waals surface area (Å²) in [5.74, 6) is -1.54. The Hall–Kier alpha value is -3.43. The molecule has 170 valence electrons. The van der Waals surface area contributed by atoms with Crippen molar-refractivity contribution in [1.82, 2.24) is 15.0 Å². The molecule has 0 spiro atoms. The topological polar surface area (TPSA) is 85.5 Å². The van der Waals surface area contributed by atoms with Crippen LogP contribution < -0.4 is 0 Å². The summed E-state index contributed by atoms with van der Waals surface area (Å²) < 4.78 is 50.6. The Morgan fingerprint density at radius 2 is 1.94 bits per heavy atom. The SMILES string of the molecule is CCN(CC(C)C(=O)OC)C(=O)c1cc(-c2ccccc2C(F)(F)F)nc2onc(C)c12. The second-order valence-corrected chi connectivity index (χ2v) is 7.31. The third kappa shape index (κ3) is 4.44. The van der Waals surface area contributed by atoms with Crippen LogP contribution in [0.3, 0.4) is 0 Å². The Balaban J connectivity index is 2.15. The minimum Gasteiger partial charge on any atom is -0.469 e. The van der Waals surface area contributed by atoms with Crippen molar-refractivity contribution in [2.75, 3.05) is 20.2 Å². The van der Waals surface area contributed by atoms with Crippen molar-refractivity contribution >= 4 is 23.0 Å². The maximum atomic E-state index is 13.6. The molecule has 2 aromatic heterocycles. The highest BCUT2D eigenvalue weighted by molar-refractivity contribution is 6.07. The van der Waals surface area contributed by atoms with Gasteiger partial charge in [-0.3, -0.25) is 9.59 Å². The van der Waals surface area contributed by atoms with Gasteiger partial charge in [0.05, 0.1) is 40.9 Å². The van der Waals surface area contributed by atoms with E-state index in [1.54, 1.807) is 20.8 Å². The third-order valence-electron chi connectivity index (χ3n) is 5.12. The van der Waals surface area contributed by atoms with Gasteiger partial charge in [-0.1, -0.05) is 30.3 Å². The zero-order chi connectivity index (χ0) is 23.6. The number of rotatable bonds is 6. The van der Waals surface area contributed by atoms with Crippen molar-refractivity contribution in [2.24, 2.45) is 5.92 Å². The molecule has 0 radical (unpaired) electrons. The number of carbonyl (C=O) groups excluding carboxylic acids is 2. The summed E-state index contributed by atoms with van der Waals surface area (Å²) in [7, 11) is 1.26. The number of ether oxygens (including phenoxy) is 1. The second kappa shape index (κ2) is 8.97. The first-order valence-corrected chi connectivity index (χ1v) is 9.89. The van der Waals surface area contributed by atoms with E-state index in [4.69, 9.17) is 9.26 Å². The van der Waals surface area contributed by atoms with Crippen LogP contribution in [0.25, 0.3) is 22.4 Å². The van der Waals surface area contributed by atoms with Crippen molar-refractivity contribution in [3.05, 3.63) is 47.2 Å². The van der Waals surface area contributed by atoms with E-state index in [0.717, 1.165) is 6.07 Å². The highest BCUT2D eigenvalue weighted by Crippen LogP contribution is 2.37. The van der Waals surface area contributed by atoms with Gasteiger partial charge in [0.15, 0.2) is 0 Å². The zero-order valence-electron chi connectivity index (χ0n) is 18.0. The normalized spacial score (nSPS) is 12.6. The van der Waals surface area contributed by atoms with Crippen molar-refractivity contribution < 1.29 is 32.0 Å². The number of hydrogen-bond donors (Lipinski definition) is 0. The fraction of sp³-hybridized carbons (Fsp3) is 0.364. The molecule has 2 heterocycles. The molecule has 0 aliphatic rings. The molecule has 0 aliphatic heterocycles. The Morgan fingerprint density at radius 3 is 2.56 bits per heavy atom. The number of fused-ring (bicyclic) bond motifs is 1. The van der Waals surface area contributed by atoms with Gasteiger partial charge in [0.25, 0.3) is 11.6 Å². The highest BCUT2D eigenvalue weighted by Gasteiger charge is 2.34. The predicted molar refractivity (Wildman–Crippen MR) is 110 cm³/mol. The fourth-order valence-corrected chi connectivity index (χ4v) is 3.49. The molecule has 0 saturated heterocycles. The van der Waals surface area contributed by atoms with Gasteiger partial charge in [0, 0.05) is 18.7 Å². The molecule has 0 fully saturated rings. The van der Waals surface area contributed by atoms with E-state index in [0.29, 0.717) is 11.1 Å². The van der Waals surface area contributed by atoms with E-state index in [2.05, 4.69) is 10.1 Å². The van der Waals surface area contributed by atoms with E-state index >= 15 is 0 Å². The molecule has 0 bridgehead atoms. The average molecular weight is 449 g/mol. The summed E-state index contributed by atoms with van der Waals surface area (Å²) in [4.78, 5) is 30.8. The Labute approximate surface area is 182 Å². The minimum absolute atomic E-state index is 0.0441. The molecule has 1 atom stereocenters. The van der Waals surface area contributed by atoms with Crippen LogP contribution in [0.5, 0.6) is 0 Å². The number of amides is 1. The first-order valence-electron chi connectivity index (χ1n) is 9.89. The lowest BCUT2D eigenvalue weighted by Crippen LogP contribution is -2.37. The zero-order valence-corrected chi connectivity index (χ0v) is 18.0. The van der Waals surface area contributed by atoms with Crippen LogP contribution in [-0.2, 0) is 15.7 Å². The monoisotopic (exact) mass is 449 g/mol. The molecule has 1 unspecified atom stereocenters. The fourth-order valence-electron chi connectivity index (χ4n) is 3.49. The summed E-state index contributed by atoms with van der Waals surface area (Å²) in [6.45, 7) is 5.31. The van der Waals surface area contributed by atoms with Gasteiger partial charge < -0.3 is 14.2 Å². The molecule has 7 nitrogen and oxygen atoms in total. The number of aryl methyl sites for hydroxylation is 1. The highest BCUT2D eigenvalue weighted by atomic mass is 19.4. The average Bonchev–Trinajstić information content (AvgIpc) is 3.15. The molecule has 1 aromatic carbocycles. The number of nitrogens with zero attached hydrogens (tertiary/aromatic N) is 3. The van der Waals surface area contributed by atoms with Crippen LogP contribution in [-0.4, -0.2) is 47.1 Å². The summed E-state index contributed by atoms with van der Waals surface area (Å²) in [6, 6.07) is 6.28. The maximum absolute atomic E-state index is 13.6. The number of methoxy groups -OCH3 is 1. The number of aromatic nitrogens is 2. The molecule has 3 rings (SSSR count). The van der Waals surface area contributed by atoms with Gasteiger partial charge in [-0.2, -0.15) is 13.2 Å². The lowest BCUT2D eigenvalue weighted by molar-refractivity contribution is -0.145. The lowest BCUT2D eigenvalue weighted by Gasteiger charge is -2.24. The van der Waals surface area contributed by atoms with Crippen LogP contribution >= 0.6 is 0 Å². The number of alkyl halides is 3. The van der Waals surface area contributed by atoms with Gasteiger partial charge in [0.2, 0.25) is 0 Å². The summed E-state index contributed by atoms with van der Waals surface area (Å²) in [6.07, 6.45) is -4.61. The van der Waals surface area contributed by atoms with Crippen molar-refractivity contribution in [3.63, 3.8) is 0 Å². The Morgan fingerprint density at radius 1 is 1.25 bits per heavy atom. The van der Waals surface area contributed by atoms with Crippen molar-refractivity contribution in [2.45, 2.75) is 26.9 Å². The van der Waals surface area contributed by atoms with Gasteiger partial charge in [-0.25, -0.2) is 4.98 Å². The minimum atomic E-state index is -4.61. The maximum Gasteiger partial charge on any atom is 0.417 e. The van der Waals surface area contributed by atoms with Crippen molar-refractivity contribution in [1.29, 1.82) is 0 Å². The molecule has 0 saturated carbocycles. The van der Waals surface area contributed by atoms with Crippen LogP contribution in [0.2, 0.25) is 0 Å². The standard InChI is InChI=1S/C22H22F3N3O4/c1-5-28(11-12(2)21(30)31-4)20(29)15-10-17(26-19-18(15)13(3)27-32-19)14-8-6-7-9-16(14)22(23,24)25/h6-10,12H,5,11H2,1-4H3. The molecular weight excluding hydrogens is 427 g/mol.